The molecule has 3 rings (SSSR count). The minimum absolute atomic E-state index is 0.176. The lowest BCUT2D eigenvalue weighted by Crippen LogP contribution is -2.35. The van der Waals surface area contributed by atoms with Crippen LogP contribution in [-0.2, 0) is 0 Å². The highest BCUT2D eigenvalue weighted by atomic mass is 16.5. The fourth-order valence-corrected chi connectivity index (χ4v) is 3.00. The number of aromatic hydroxyl groups is 1. The van der Waals surface area contributed by atoms with E-state index in [0.717, 1.165) is 17.7 Å². The van der Waals surface area contributed by atoms with Crippen LogP contribution in [0, 0.1) is 6.92 Å². The second-order valence-corrected chi connectivity index (χ2v) is 6.20. The molecule has 0 saturated heterocycles. The van der Waals surface area contributed by atoms with Crippen molar-refractivity contribution < 1.29 is 9.84 Å². The van der Waals surface area contributed by atoms with Gasteiger partial charge in [0.25, 0.3) is 0 Å². The van der Waals surface area contributed by atoms with Gasteiger partial charge in [-0.15, -0.1) is 0 Å². The summed E-state index contributed by atoms with van der Waals surface area (Å²) in [7, 11) is 0. The Morgan fingerprint density at radius 1 is 1.15 bits per heavy atom. The highest BCUT2D eigenvalue weighted by Crippen LogP contribution is 2.44. The minimum atomic E-state index is -0.176. The summed E-state index contributed by atoms with van der Waals surface area (Å²) < 4.78 is 6.08. The van der Waals surface area contributed by atoms with Gasteiger partial charge < -0.3 is 9.84 Å². The van der Waals surface area contributed by atoms with Crippen LogP contribution in [0.15, 0.2) is 42.5 Å². The molecule has 2 aromatic rings. The van der Waals surface area contributed by atoms with Gasteiger partial charge in [-0.2, -0.15) is 0 Å². The third-order valence-electron chi connectivity index (χ3n) is 4.00. The second-order valence-electron chi connectivity index (χ2n) is 6.20. The Bertz CT molecular complexity index is 644. The third-order valence-corrected chi connectivity index (χ3v) is 4.00. The molecule has 0 bridgehead atoms. The van der Waals surface area contributed by atoms with Gasteiger partial charge in [0.1, 0.15) is 17.1 Å². The predicted molar refractivity (Wildman–Crippen MR) is 80.5 cm³/mol. The van der Waals surface area contributed by atoms with E-state index in [-0.39, 0.29) is 5.60 Å². The molecule has 0 aliphatic carbocycles. The number of benzene rings is 2. The van der Waals surface area contributed by atoms with Crippen molar-refractivity contribution in [3.63, 3.8) is 0 Å². The van der Waals surface area contributed by atoms with Gasteiger partial charge in [-0.25, -0.2) is 0 Å². The van der Waals surface area contributed by atoms with E-state index in [2.05, 4.69) is 32.0 Å². The normalized spacial score (nSPS) is 20.1. The van der Waals surface area contributed by atoms with Gasteiger partial charge in [-0.05, 0) is 50.5 Å². The molecule has 1 atom stereocenters. The molecule has 2 heteroatoms. The summed E-state index contributed by atoms with van der Waals surface area (Å²) in [6.45, 7) is 6.20. The number of hydrogen-bond acceptors (Lipinski definition) is 2. The first-order valence-corrected chi connectivity index (χ1v) is 7.04. The Balaban J connectivity index is 2.10. The molecule has 104 valence electrons. The summed E-state index contributed by atoms with van der Waals surface area (Å²) >= 11 is 0. The van der Waals surface area contributed by atoms with Crippen LogP contribution >= 0.6 is 0 Å². The van der Waals surface area contributed by atoms with Gasteiger partial charge in [0.05, 0.1) is 0 Å². The lowest BCUT2D eigenvalue weighted by molar-refractivity contribution is 0.0774. The van der Waals surface area contributed by atoms with E-state index in [1.165, 1.54) is 11.1 Å². The number of ether oxygens (including phenoxy) is 1. The van der Waals surface area contributed by atoms with Crippen LogP contribution in [-0.4, -0.2) is 10.7 Å². The quantitative estimate of drug-likeness (QED) is 0.831. The molecule has 0 saturated carbocycles. The molecule has 1 unspecified atom stereocenters. The minimum Gasteiger partial charge on any atom is -0.508 e. The van der Waals surface area contributed by atoms with Crippen LogP contribution in [0.5, 0.6) is 11.5 Å². The maximum Gasteiger partial charge on any atom is 0.123 e. The monoisotopic (exact) mass is 268 g/mol. The molecule has 1 aliphatic rings. The Labute approximate surface area is 120 Å². The van der Waals surface area contributed by atoms with Crippen LogP contribution in [0.4, 0.5) is 0 Å². The van der Waals surface area contributed by atoms with Crippen LogP contribution in [0.3, 0.4) is 0 Å². The van der Waals surface area contributed by atoms with Crippen molar-refractivity contribution in [1.29, 1.82) is 0 Å². The molecule has 1 N–H and O–H groups in total. The molecule has 2 aromatic carbocycles. The lowest BCUT2D eigenvalue weighted by Gasteiger charge is -2.38. The zero-order valence-corrected chi connectivity index (χ0v) is 12.2. The fourth-order valence-electron chi connectivity index (χ4n) is 3.00. The van der Waals surface area contributed by atoms with E-state index in [0.29, 0.717) is 11.7 Å². The van der Waals surface area contributed by atoms with Crippen molar-refractivity contribution >= 4 is 0 Å². The molecule has 1 heterocycles. The van der Waals surface area contributed by atoms with Crippen LogP contribution in [0.2, 0.25) is 0 Å². The van der Waals surface area contributed by atoms with E-state index in [1.54, 1.807) is 6.07 Å². The number of para-hydroxylation sites is 1. The maximum atomic E-state index is 9.72. The van der Waals surface area contributed by atoms with Crippen molar-refractivity contribution in [3.8, 4) is 11.5 Å². The van der Waals surface area contributed by atoms with Crippen molar-refractivity contribution in [2.75, 3.05) is 0 Å². The second kappa shape index (κ2) is 4.55. The van der Waals surface area contributed by atoms with E-state index >= 15 is 0 Å². The van der Waals surface area contributed by atoms with E-state index < -0.39 is 0 Å². The summed E-state index contributed by atoms with van der Waals surface area (Å²) in [5.74, 6) is 1.64. The first kappa shape index (κ1) is 13.0. The third kappa shape index (κ3) is 2.26. The number of hydrogen-bond donors (Lipinski definition) is 1. The van der Waals surface area contributed by atoms with Gasteiger partial charge in [0.2, 0.25) is 0 Å². The van der Waals surface area contributed by atoms with Gasteiger partial charge >= 0.3 is 0 Å². The Kier molecular flexibility index (Phi) is 2.97. The molecule has 20 heavy (non-hydrogen) atoms. The fraction of sp³-hybridized carbons (Fsp3) is 0.333. The topological polar surface area (TPSA) is 29.5 Å². The van der Waals surface area contributed by atoms with Gasteiger partial charge in [0, 0.05) is 11.5 Å². The van der Waals surface area contributed by atoms with Crippen LogP contribution in [0.25, 0.3) is 0 Å². The largest absolute Gasteiger partial charge is 0.508 e. The molecule has 0 amide bonds. The Morgan fingerprint density at radius 2 is 1.90 bits per heavy atom. The SMILES string of the molecule is Cc1cc(C2CC(C)(C)Oc3ccccc32)ccc1O. The highest BCUT2D eigenvalue weighted by molar-refractivity contribution is 5.47. The maximum absolute atomic E-state index is 9.72. The standard InChI is InChI=1S/C18H20O2/c1-12-10-13(8-9-16(12)19)15-11-18(2,3)20-17-7-5-4-6-14(15)17/h4-10,15,19H,11H2,1-3H3. The van der Waals surface area contributed by atoms with Gasteiger partial charge in [-0.1, -0.05) is 30.3 Å². The molecule has 1 aliphatic heterocycles. The summed E-state index contributed by atoms with van der Waals surface area (Å²) in [5, 5.41) is 9.72. The lowest BCUT2D eigenvalue weighted by atomic mass is 9.80. The average Bonchev–Trinajstić information content (AvgIpc) is 2.40. The first-order valence-electron chi connectivity index (χ1n) is 7.04. The van der Waals surface area contributed by atoms with Gasteiger partial charge in [0.15, 0.2) is 0 Å². The van der Waals surface area contributed by atoms with Crippen molar-refractivity contribution in [2.24, 2.45) is 0 Å². The first-order chi connectivity index (χ1) is 9.46. The average molecular weight is 268 g/mol. The molecule has 0 radical (unpaired) electrons. The van der Waals surface area contributed by atoms with E-state index in [4.69, 9.17) is 4.74 Å². The van der Waals surface area contributed by atoms with E-state index in [9.17, 15) is 5.11 Å². The highest BCUT2D eigenvalue weighted by Gasteiger charge is 2.34. The zero-order chi connectivity index (χ0) is 14.3. The Hall–Kier alpha value is -1.96. The number of fused-ring (bicyclic) bond motifs is 1. The number of phenols is 1. The Morgan fingerprint density at radius 3 is 2.65 bits per heavy atom. The van der Waals surface area contributed by atoms with Crippen LogP contribution in [0.1, 0.15) is 42.9 Å². The van der Waals surface area contributed by atoms with Crippen molar-refractivity contribution in [1.82, 2.24) is 0 Å². The number of rotatable bonds is 1. The van der Waals surface area contributed by atoms with Crippen LogP contribution < -0.4 is 4.74 Å². The number of phenolic OH excluding ortho intramolecular Hbond substituents is 1. The summed E-state index contributed by atoms with van der Waals surface area (Å²) in [6, 6.07) is 14.1. The van der Waals surface area contributed by atoms with Crippen molar-refractivity contribution in [3.05, 3.63) is 59.2 Å². The van der Waals surface area contributed by atoms with Crippen molar-refractivity contribution in [2.45, 2.75) is 38.7 Å². The number of aryl methyl sites for hydroxylation is 1. The predicted octanol–water partition coefficient (Wildman–Crippen LogP) is 4.39. The molecular formula is C18H20O2. The molecule has 0 aromatic heterocycles. The van der Waals surface area contributed by atoms with Gasteiger partial charge in [-0.3, -0.25) is 0 Å². The molecule has 2 nitrogen and oxygen atoms in total. The molecule has 0 spiro atoms. The summed E-state index contributed by atoms with van der Waals surface area (Å²) in [5.41, 5.74) is 3.22. The summed E-state index contributed by atoms with van der Waals surface area (Å²) in [4.78, 5) is 0. The molecular weight excluding hydrogens is 248 g/mol. The van der Waals surface area contributed by atoms with E-state index in [1.807, 2.05) is 25.1 Å². The smallest absolute Gasteiger partial charge is 0.123 e. The summed E-state index contributed by atoms with van der Waals surface area (Å²) in [6.07, 6.45) is 0.939. The zero-order valence-electron chi connectivity index (χ0n) is 12.2. The molecule has 0 fully saturated rings.